The van der Waals surface area contributed by atoms with Crippen molar-refractivity contribution in [2.24, 2.45) is 40.4 Å². The van der Waals surface area contributed by atoms with Gasteiger partial charge in [-0.3, -0.25) is 0 Å². The summed E-state index contributed by atoms with van der Waals surface area (Å²) in [6.07, 6.45) is 20.8. The Morgan fingerprint density at radius 3 is 2.59 bits per heavy atom. The van der Waals surface area contributed by atoms with E-state index in [0.717, 1.165) is 42.6 Å². The Morgan fingerprint density at radius 2 is 1.81 bits per heavy atom. The molecule has 11 atom stereocenters. The number of rotatable bonds is 5. The Morgan fingerprint density at radius 1 is 0.906 bits per heavy atom. The molecule has 0 aromatic heterocycles. The highest BCUT2D eigenvalue weighted by atomic mass is 16.7. The molecule has 4 saturated carbocycles. The van der Waals surface area contributed by atoms with Crippen LogP contribution in [0.25, 0.3) is 0 Å². The summed E-state index contributed by atoms with van der Waals surface area (Å²) in [6.45, 7) is 8.49. The molecule has 0 aromatic rings. The highest BCUT2D eigenvalue weighted by Gasteiger charge is 2.62. The number of hydrogen-bond donors (Lipinski definition) is 0. The molecule has 0 spiro atoms. The van der Waals surface area contributed by atoms with Crippen LogP contribution in [0.3, 0.4) is 0 Å². The van der Waals surface area contributed by atoms with E-state index in [-0.39, 0.29) is 6.29 Å². The lowest BCUT2D eigenvalue weighted by molar-refractivity contribution is -0.222. The third-order valence-electron chi connectivity index (χ3n) is 11.9. The van der Waals surface area contributed by atoms with E-state index < -0.39 is 0 Å². The van der Waals surface area contributed by atoms with Crippen molar-refractivity contribution < 1.29 is 14.2 Å². The van der Waals surface area contributed by atoms with Crippen LogP contribution in [0.4, 0.5) is 0 Å². The minimum Gasteiger partial charge on any atom is -0.370 e. The maximum atomic E-state index is 6.55. The molecule has 0 aromatic carbocycles. The topological polar surface area (TPSA) is 31.0 Å². The summed E-state index contributed by atoms with van der Waals surface area (Å²) in [5.74, 6) is 4.53. The van der Waals surface area contributed by atoms with E-state index in [4.69, 9.17) is 14.2 Å². The Kier molecular flexibility index (Phi) is 5.95. The van der Waals surface area contributed by atoms with Gasteiger partial charge in [-0.05, 0) is 124 Å². The van der Waals surface area contributed by atoms with Gasteiger partial charge in [0.1, 0.15) is 0 Å². The first-order chi connectivity index (χ1) is 15.5. The monoisotopic (exact) mass is 444 g/mol. The summed E-state index contributed by atoms with van der Waals surface area (Å²) in [6, 6.07) is 0. The van der Waals surface area contributed by atoms with E-state index >= 15 is 0 Å². The molecule has 32 heavy (non-hydrogen) atoms. The maximum absolute atomic E-state index is 6.55. The fourth-order valence-electron chi connectivity index (χ4n) is 10.1. The molecule has 6 fully saturated rings. The second-order valence-electron chi connectivity index (χ2n) is 13.1. The number of hydrogen-bond acceptors (Lipinski definition) is 3. The number of ether oxygens (including phenoxy) is 3. The first-order valence-corrected chi connectivity index (χ1v) is 14.5. The van der Waals surface area contributed by atoms with E-state index in [2.05, 4.69) is 20.8 Å². The lowest BCUT2D eigenvalue weighted by Crippen LogP contribution is -2.57. The highest BCUT2D eigenvalue weighted by molar-refractivity contribution is 5.11. The molecule has 2 heterocycles. The fourth-order valence-corrected chi connectivity index (χ4v) is 10.1. The van der Waals surface area contributed by atoms with Gasteiger partial charge >= 0.3 is 0 Å². The van der Waals surface area contributed by atoms with Crippen LogP contribution in [-0.2, 0) is 14.2 Å². The molecule has 0 N–H and O–H groups in total. The van der Waals surface area contributed by atoms with E-state index in [9.17, 15) is 0 Å². The molecule has 0 radical (unpaired) electrons. The molecule has 6 rings (SSSR count). The normalized spacial score (nSPS) is 55.0. The van der Waals surface area contributed by atoms with Crippen molar-refractivity contribution in [3.05, 3.63) is 0 Å². The van der Waals surface area contributed by atoms with Crippen molar-refractivity contribution >= 4 is 0 Å². The Balaban J connectivity index is 1.16. The Bertz CT molecular complexity index is 673. The molecule has 3 unspecified atom stereocenters. The molecule has 2 saturated heterocycles. The molecule has 6 aliphatic rings. The molecule has 0 amide bonds. The largest absolute Gasteiger partial charge is 0.370 e. The van der Waals surface area contributed by atoms with E-state index in [0.29, 0.717) is 29.1 Å². The van der Waals surface area contributed by atoms with Crippen molar-refractivity contribution in [2.45, 2.75) is 135 Å². The first kappa shape index (κ1) is 22.4. The maximum Gasteiger partial charge on any atom is 0.157 e. The van der Waals surface area contributed by atoms with Gasteiger partial charge in [0.25, 0.3) is 0 Å². The van der Waals surface area contributed by atoms with Gasteiger partial charge in [0.05, 0.1) is 18.3 Å². The summed E-state index contributed by atoms with van der Waals surface area (Å²) in [7, 11) is 0. The molecular weight excluding hydrogens is 396 g/mol. The van der Waals surface area contributed by atoms with Crippen LogP contribution >= 0.6 is 0 Å². The highest BCUT2D eigenvalue weighted by Crippen LogP contribution is 2.69. The second-order valence-corrected chi connectivity index (χ2v) is 13.1. The first-order valence-electron chi connectivity index (χ1n) is 14.5. The van der Waals surface area contributed by atoms with Gasteiger partial charge in [-0.2, -0.15) is 0 Å². The van der Waals surface area contributed by atoms with Crippen LogP contribution in [-0.4, -0.2) is 31.2 Å². The zero-order valence-electron chi connectivity index (χ0n) is 21.0. The summed E-state index contributed by atoms with van der Waals surface area (Å²) in [5, 5.41) is 0. The zero-order chi connectivity index (χ0) is 21.9. The van der Waals surface area contributed by atoms with Crippen LogP contribution in [0.2, 0.25) is 0 Å². The molecular formula is C29H48O3. The minimum absolute atomic E-state index is 0.0759. The average molecular weight is 445 g/mol. The molecule has 182 valence electrons. The van der Waals surface area contributed by atoms with Crippen molar-refractivity contribution in [2.75, 3.05) is 6.61 Å². The molecule has 3 heteroatoms. The average Bonchev–Trinajstić information content (AvgIpc) is 3.40. The molecule has 4 aliphatic carbocycles. The summed E-state index contributed by atoms with van der Waals surface area (Å²) < 4.78 is 18.6. The lowest BCUT2D eigenvalue weighted by Gasteiger charge is -2.63. The zero-order valence-corrected chi connectivity index (χ0v) is 21.0. The van der Waals surface area contributed by atoms with Gasteiger partial charge in [-0.1, -0.05) is 27.2 Å². The third-order valence-corrected chi connectivity index (χ3v) is 11.9. The molecule has 2 aliphatic heterocycles. The van der Waals surface area contributed by atoms with Crippen LogP contribution in [0, 0.1) is 40.4 Å². The van der Waals surface area contributed by atoms with E-state index in [1.165, 1.54) is 83.5 Å². The smallest absolute Gasteiger partial charge is 0.157 e. The van der Waals surface area contributed by atoms with Crippen LogP contribution in [0.5, 0.6) is 0 Å². The minimum atomic E-state index is 0.0759. The summed E-state index contributed by atoms with van der Waals surface area (Å²) >= 11 is 0. The van der Waals surface area contributed by atoms with Gasteiger partial charge in [0.2, 0.25) is 0 Å². The fraction of sp³-hybridized carbons (Fsp3) is 1.00. The summed E-state index contributed by atoms with van der Waals surface area (Å²) in [5.41, 5.74) is 1.15. The SMILES string of the molecule is CCC1OC1C[C@@]12CCC[C@H]1[C@@H]1CC[C@H]3C[C@H](OC4CCCCO4)C[C@H](C)[C@]3(C)[C@H]1CC2. The predicted molar refractivity (Wildman–Crippen MR) is 127 cm³/mol. The van der Waals surface area contributed by atoms with Gasteiger partial charge in [0, 0.05) is 6.61 Å². The van der Waals surface area contributed by atoms with Crippen LogP contribution in [0.15, 0.2) is 0 Å². The van der Waals surface area contributed by atoms with Gasteiger partial charge < -0.3 is 14.2 Å². The lowest BCUT2D eigenvalue weighted by atomic mass is 9.42. The number of fused-ring (bicyclic) bond motifs is 5. The molecule has 0 bridgehead atoms. The standard InChI is InChI=1S/C29H48O3/c1-4-25-26(32-25)18-29-13-7-8-24(29)22-11-10-20-17-21(31-27-9-5-6-15-30-27)16-19(2)28(20,3)23(22)12-14-29/h19-27H,4-18H2,1-3H3/t19-,20-,21+,22+,23-,24-,25?,26?,27?,28-,29-/m0/s1. The Hall–Kier alpha value is -0.120. The van der Waals surface area contributed by atoms with Gasteiger partial charge in [-0.25, -0.2) is 0 Å². The Labute approximate surface area is 196 Å². The van der Waals surface area contributed by atoms with Gasteiger partial charge in [-0.15, -0.1) is 0 Å². The van der Waals surface area contributed by atoms with Crippen LogP contribution < -0.4 is 0 Å². The van der Waals surface area contributed by atoms with Crippen LogP contribution in [0.1, 0.15) is 111 Å². The third kappa shape index (κ3) is 3.63. The second kappa shape index (κ2) is 8.52. The van der Waals surface area contributed by atoms with E-state index in [1.54, 1.807) is 0 Å². The van der Waals surface area contributed by atoms with Gasteiger partial charge in [0.15, 0.2) is 6.29 Å². The van der Waals surface area contributed by atoms with Crippen molar-refractivity contribution in [1.29, 1.82) is 0 Å². The van der Waals surface area contributed by atoms with E-state index in [1.807, 2.05) is 0 Å². The quantitative estimate of drug-likeness (QED) is 0.334. The van der Waals surface area contributed by atoms with Crippen molar-refractivity contribution in [3.63, 3.8) is 0 Å². The number of epoxide rings is 1. The predicted octanol–water partition coefficient (Wildman–Crippen LogP) is 7.12. The van der Waals surface area contributed by atoms with Crippen molar-refractivity contribution in [1.82, 2.24) is 0 Å². The molecule has 3 nitrogen and oxygen atoms in total. The summed E-state index contributed by atoms with van der Waals surface area (Å²) in [4.78, 5) is 0. The van der Waals surface area contributed by atoms with Crippen molar-refractivity contribution in [3.8, 4) is 0 Å².